The van der Waals surface area contributed by atoms with Gasteiger partial charge in [0.25, 0.3) is 0 Å². The lowest BCUT2D eigenvalue weighted by atomic mass is 9.88. The number of β-amino-alcohol motifs (C(OH)–C–C–N with tert-alkyl or cyclic N) is 1. The van der Waals surface area contributed by atoms with E-state index in [0.717, 1.165) is 47.8 Å². The number of aliphatic hydroxyl groups is 1. The van der Waals surface area contributed by atoms with Crippen LogP contribution < -0.4 is 4.74 Å². The summed E-state index contributed by atoms with van der Waals surface area (Å²) in [5.41, 5.74) is 1.30. The molecule has 0 radical (unpaired) electrons. The first-order chi connectivity index (χ1) is 11.5. The Morgan fingerprint density at radius 2 is 1.83 bits per heavy atom. The molecule has 2 fully saturated rings. The molecular formula is C20H30ClNO2. The van der Waals surface area contributed by atoms with E-state index in [9.17, 15) is 5.11 Å². The van der Waals surface area contributed by atoms with E-state index in [2.05, 4.69) is 4.90 Å². The molecule has 0 amide bonds. The SMILES string of the molecule is Cc1cc(OC[C@@]2(O)CCCN(C3CCCCC3)C2)cc(C)c1Cl. The van der Waals surface area contributed by atoms with Crippen molar-refractivity contribution in [2.24, 2.45) is 0 Å². The predicted octanol–water partition coefficient (Wildman–Crippen LogP) is 4.50. The molecule has 1 aromatic rings. The van der Waals surface area contributed by atoms with Gasteiger partial charge >= 0.3 is 0 Å². The summed E-state index contributed by atoms with van der Waals surface area (Å²) in [6.45, 7) is 6.19. The highest BCUT2D eigenvalue weighted by Gasteiger charge is 2.37. The van der Waals surface area contributed by atoms with Crippen LogP contribution in [0.3, 0.4) is 0 Å². The van der Waals surface area contributed by atoms with Crippen molar-refractivity contribution in [1.29, 1.82) is 0 Å². The van der Waals surface area contributed by atoms with Gasteiger partial charge in [0.2, 0.25) is 0 Å². The molecular weight excluding hydrogens is 322 g/mol. The molecule has 0 unspecified atom stereocenters. The van der Waals surface area contributed by atoms with Gasteiger partial charge in [-0.15, -0.1) is 0 Å². The summed E-state index contributed by atoms with van der Waals surface area (Å²) < 4.78 is 5.97. The zero-order valence-electron chi connectivity index (χ0n) is 15.0. The van der Waals surface area contributed by atoms with E-state index in [1.54, 1.807) is 0 Å². The minimum Gasteiger partial charge on any atom is -0.491 e. The van der Waals surface area contributed by atoms with Crippen molar-refractivity contribution in [3.05, 3.63) is 28.3 Å². The molecule has 24 heavy (non-hydrogen) atoms. The maximum atomic E-state index is 11.0. The second-order valence-electron chi connectivity index (χ2n) is 7.75. The fourth-order valence-electron chi connectivity index (χ4n) is 4.23. The summed E-state index contributed by atoms with van der Waals surface area (Å²) in [5, 5.41) is 11.8. The lowest BCUT2D eigenvalue weighted by Crippen LogP contribution is -2.54. The van der Waals surface area contributed by atoms with E-state index in [0.29, 0.717) is 12.6 Å². The van der Waals surface area contributed by atoms with Crippen molar-refractivity contribution in [2.45, 2.75) is 70.4 Å². The van der Waals surface area contributed by atoms with Crippen LogP contribution in [-0.4, -0.2) is 41.3 Å². The van der Waals surface area contributed by atoms with Crippen molar-refractivity contribution in [1.82, 2.24) is 4.90 Å². The first-order valence-electron chi connectivity index (χ1n) is 9.33. The number of benzene rings is 1. The first-order valence-corrected chi connectivity index (χ1v) is 9.71. The van der Waals surface area contributed by atoms with Crippen LogP contribution in [0.15, 0.2) is 12.1 Å². The highest BCUT2D eigenvalue weighted by atomic mass is 35.5. The Hall–Kier alpha value is -0.770. The average molecular weight is 352 g/mol. The molecule has 1 aliphatic heterocycles. The Balaban J connectivity index is 1.61. The van der Waals surface area contributed by atoms with E-state index in [4.69, 9.17) is 16.3 Å². The first kappa shape index (κ1) is 18.0. The van der Waals surface area contributed by atoms with Gasteiger partial charge in [0.1, 0.15) is 18.0 Å². The van der Waals surface area contributed by atoms with Gasteiger partial charge in [0, 0.05) is 17.6 Å². The van der Waals surface area contributed by atoms with Gasteiger partial charge in [-0.05, 0) is 69.3 Å². The lowest BCUT2D eigenvalue weighted by Gasteiger charge is -2.43. The molecule has 1 saturated carbocycles. The number of hydrogen-bond acceptors (Lipinski definition) is 3. The molecule has 3 nitrogen and oxygen atoms in total. The summed E-state index contributed by atoms with van der Waals surface area (Å²) in [4.78, 5) is 2.50. The normalized spacial score (nSPS) is 26.5. The minimum atomic E-state index is -0.739. The highest BCUT2D eigenvalue weighted by Crippen LogP contribution is 2.31. The monoisotopic (exact) mass is 351 g/mol. The van der Waals surface area contributed by atoms with Crippen LogP contribution in [0.25, 0.3) is 0 Å². The third-order valence-corrected chi connectivity index (χ3v) is 6.19. The number of rotatable bonds is 4. The predicted molar refractivity (Wildman–Crippen MR) is 99.1 cm³/mol. The quantitative estimate of drug-likeness (QED) is 0.867. The molecule has 1 saturated heterocycles. The van der Waals surface area contributed by atoms with Crippen LogP contribution in [0.4, 0.5) is 0 Å². The van der Waals surface area contributed by atoms with Gasteiger partial charge in [-0.2, -0.15) is 0 Å². The van der Waals surface area contributed by atoms with Crippen molar-refractivity contribution >= 4 is 11.6 Å². The summed E-state index contributed by atoms with van der Waals surface area (Å²) >= 11 is 6.22. The van der Waals surface area contributed by atoms with Crippen LogP contribution >= 0.6 is 11.6 Å². The molecule has 1 atom stereocenters. The molecule has 1 heterocycles. The van der Waals surface area contributed by atoms with E-state index in [1.807, 2.05) is 26.0 Å². The summed E-state index contributed by atoms with van der Waals surface area (Å²) in [7, 11) is 0. The third kappa shape index (κ3) is 4.25. The van der Waals surface area contributed by atoms with Crippen LogP contribution in [0.5, 0.6) is 5.75 Å². The molecule has 3 rings (SSSR count). The number of ether oxygens (including phenoxy) is 1. The Morgan fingerprint density at radius 1 is 1.17 bits per heavy atom. The number of piperidine rings is 1. The Labute approximate surface area is 150 Å². The largest absolute Gasteiger partial charge is 0.491 e. The zero-order valence-corrected chi connectivity index (χ0v) is 15.7. The zero-order chi connectivity index (χ0) is 17.2. The number of aryl methyl sites for hydroxylation is 2. The fraction of sp³-hybridized carbons (Fsp3) is 0.700. The van der Waals surface area contributed by atoms with E-state index in [1.165, 1.54) is 32.1 Å². The highest BCUT2D eigenvalue weighted by molar-refractivity contribution is 6.32. The van der Waals surface area contributed by atoms with Gasteiger partial charge in [-0.3, -0.25) is 4.90 Å². The average Bonchev–Trinajstić information content (AvgIpc) is 2.59. The molecule has 1 aliphatic carbocycles. The van der Waals surface area contributed by atoms with Gasteiger partial charge < -0.3 is 9.84 Å². The standard InChI is InChI=1S/C20H30ClNO2/c1-15-11-18(12-16(2)19(15)21)24-14-20(23)9-6-10-22(13-20)17-7-4-3-5-8-17/h11-12,17,23H,3-10,13-14H2,1-2H3/t20-/m1/s1. The number of likely N-dealkylation sites (tertiary alicyclic amines) is 1. The maximum Gasteiger partial charge on any atom is 0.120 e. The van der Waals surface area contributed by atoms with Gasteiger partial charge in [0.15, 0.2) is 0 Å². The molecule has 1 N–H and O–H groups in total. The minimum absolute atomic E-state index is 0.358. The van der Waals surface area contributed by atoms with Crippen LogP contribution in [0.1, 0.15) is 56.1 Å². The molecule has 0 bridgehead atoms. The van der Waals surface area contributed by atoms with Crippen LogP contribution in [0, 0.1) is 13.8 Å². The topological polar surface area (TPSA) is 32.7 Å². The van der Waals surface area contributed by atoms with Gasteiger partial charge in [-0.1, -0.05) is 30.9 Å². The van der Waals surface area contributed by atoms with Crippen molar-refractivity contribution in [3.8, 4) is 5.75 Å². The van der Waals surface area contributed by atoms with E-state index in [-0.39, 0.29) is 0 Å². The Kier molecular flexibility index (Phi) is 5.74. The summed E-state index contributed by atoms with van der Waals surface area (Å²) in [6, 6.07) is 4.58. The van der Waals surface area contributed by atoms with Gasteiger partial charge in [0.05, 0.1) is 0 Å². The Bertz CT molecular complexity index is 548. The molecule has 4 heteroatoms. The number of halogens is 1. The van der Waals surface area contributed by atoms with Gasteiger partial charge in [-0.25, -0.2) is 0 Å². The second kappa shape index (κ2) is 7.63. The van der Waals surface area contributed by atoms with Crippen LogP contribution in [0.2, 0.25) is 5.02 Å². The van der Waals surface area contributed by atoms with Crippen molar-refractivity contribution < 1.29 is 9.84 Å². The molecule has 2 aliphatic rings. The number of nitrogens with zero attached hydrogens (tertiary/aromatic N) is 1. The molecule has 0 aromatic heterocycles. The maximum absolute atomic E-state index is 11.0. The molecule has 0 spiro atoms. The smallest absolute Gasteiger partial charge is 0.120 e. The Morgan fingerprint density at radius 3 is 2.50 bits per heavy atom. The second-order valence-corrected chi connectivity index (χ2v) is 8.13. The fourth-order valence-corrected chi connectivity index (χ4v) is 4.34. The third-order valence-electron chi connectivity index (χ3n) is 5.59. The number of hydrogen-bond donors (Lipinski definition) is 1. The van der Waals surface area contributed by atoms with Crippen molar-refractivity contribution in [3.63, 3.8) is 0 Å². The van der Waals surface area contributed by atoms with E-state index >= 15 is 0 Å². The summed E-state index contributed by atoms with van der Waals surface area (Å²) in [6.07, 6.45) is 8.47. The molecule has 134 valence electrons. The van der Waals surface area contributed by atoms with Crippen LogP contribution in [-0.2, 0) is 0 Å². The van der Waals surface area contributed by atoms with Crippen molar-refractivity contribution in [2.75, 3.05) is 19.7 Å². The van der Waals surface area contributed by atoms with E-state index < -0.39 is 5.60 Å². The summed E-state index contributed by atoms with van der Waals surface area (Å²) in [5.74, 6) is 0.803. The molecule has 1 aromatic carbocycles. The lowest BCUT2D eigenvalue weighted by molar-refractivity contribution is -0.0733.